The number of furan rings is 1. The highest BCUT2D eigenvalue weighted by Crippen LogP contribution is 2.43. The molecule has 1 aliphatic heterocycles. The van der Waals surface area contributed by atoms with Crippen LogP contribution in [0.15, 0.2) is 74.3 Å². The molecule has 3 aromatic carbocycles. The maximum atomic E-state index is 13.0. The highest BCUT2D eigenvalue weighted by molar-refractivity contribution is 6.10. The molecule has 2 aromatic heterocycles. The number of ether oxygens (including phenoxy) is 1. The van der Waals surface area contributed by atoms with Gasteiger partial charge < -0.3 is 23.8 Å². The summed E-state index contributed by atoms with van der Waals surface area (Å²) in [5, 5.41) is 20.7. The van der Waals surface area contributed by atoms with Gasteiger partial charge in [0, 0.05) is 35.2 Å². The van der Waals surface area contributed by atoms with Crippen molar-refractivity contribution in [1.29, 1.82) is 0 Å². The number of rotatable bonds is 4. The molecule has 2 N–H and O–H groups in total. The molecule has 3 heterocycles. The summed E-state index contributed by atoms with van der Waals surface area (Å²) < 4.78 is 18.1. The molecule has 0 spiro atoms. The van der Waals surface area contributed by atoms with Crippen molar-refractivity contribution in [3.05, 3.63) is 82.0 Å². The molecule has 0 fully saturated rings. The molecule has 5 aromatic rings. The Morgan fingerprint density at radius 3 is 2.57 bits per heavy atom. The predicted molar refractivity (Wildman–Crippen MR) is 130 cm³/mol. The summed E-state index contributed by atoms with van der Waals surface area (Å²) in [6, 6.07) is 17.3. The highest BCUT2D eigenvalue weighted by atomic mass is 16.5. The van der Waals surface area contributed by atoms with Crippen LogP contribution in [-0.4, -0.2) is 22.3 Å². The fourth-order valence-corrected chi connectivity index (χ4v) is 4.80. The SMILES string of the molecule is C[C@H]1Cc2cc(-c3oc4cc(O)c5c(=O)cc(-c6ccccc6)oc5c4c3CC(=O)O)ccc2O1. The third-order valence-corrected chi connectivity index (χ3v) is 6.28. The molecule has 35 heavy (non-hydrogen) atoms. The van der Waals surface area contributed by atoms with Crippen LogP contribution < -0.4 is 10.2 Å². The van der Waals surface area contributed by atoms with Gasteiger partial charge in [-0.15, -0.1) is 0 Å². The van der Waals surface area contributed by atoms with Crippen molar-refractivity contribution in [3.8, 4) is 34.1 Å². The molecule has 0 amide bonds. The Labute approximate surface area is 198 Å². The average molecular weight is 468 g/mol. The predicted octanol–water partition coefficient (Wildman–Crippen LogP) is 5.53. The summed E-state index contributed by atoms with van der Waals surface area (Å²) in [4.78, 5) is 24.9. The van der Waals surface area contributed by atoms with Crippen LogP contribution in [0.2, 0.25) is 0 Å². The lowest BCUT2D eigenvalue weighted by Gasteiger charge is -2.07. The van der Waals surface area contributed by atoms with Crippen LogP contribution in [0.1, 0.15) is 18.1 Å². The van der Waals surface area contributed by atoms with Gasteiger partial charge in [0.25, 0.3) is 0 Å². The first kappa shape index (κ1) is 21.0. The summed E-state index contributed by atoms with van der Waals surface area (Å²) in [6.07, 6.45) is 0.434. The van der Waals surface area contributed by atoms with Gasteiger partial charge in [0.2, 0.25) is 0 Å². The molecule has 0 aliphatic carbocycles. The molecule has 1 aliphatic rings. The minimum Gasteiger partial charge on any atom is -0.507 e. The van der Waals surface area contributed by atoms with Gasteiger partial charge in [-0.2, -0.15) is 0 Å². The number of carboxylic acids is 1. The van der Waals surface area contributed by atoms with E-state index >= 15 is 0 Å². The van der Waals surface area contributed by atoms with E-state index in [4.69, 9.17) is 13.6 Å². The summed E-state index contributed by atoms with van der Waals surface area (Å²) in [6.45, 7) is 1.98. The van der Waals surface area contributed by atoms with E-state index in [0.29, 0.717) is 33.6 Å². The minimum atomic E-state index is -1.06. The van der Waals surface area contributed by atoms with E-state index in [1.54, 1.807) is 12.1 Å². The fraction of sp³-hybridized carbons (Fsp3) is 0.143. The zero-order valence-corrected chi connectivity index (χ0v) is 18.7. The van der Waals surface area contributed by atoms with Crippen molar-refractivity contribution < 1.29 is 28.6 Å². The van der Waals surface area contributed by atoms with Crippen molar-refractivity contribution in [2.24, 2.45) is 0 Å². The van der Waals surface area contributed by atoms with Crippen LogP contribution in [0.3, 0.4) is 0 Å². The molecule has 0 bridgehead atoms. The van der Waals surface area contributed by atoms with Crippen molar-refractivity contribution in [2.45, 2.75) is 25.9 Å². The van der Waals surface area contributed by atoms with Gasteiger partial charge in [-0.1, -0.05) is 30.3 Å². The number of phenolic OH excluding ortho intramolecular Hbond substituents is 1. The number of hydrogen-bond donors (Lipinski definition) is 2. The van der Waals surface area contributed by atoms with Gasteiger partial charge in [-0.05, 0) is 30.7 Å². The third-order valence-electron chi connectivity index (χ3n) is 6.28. The Morgan fingerprint density at radius 1 is 1.00 bits per heavy atom. The third kappa shape index (κ3) is 3.44. The molecular formula is C28H20O7. The van der Waals surface area contributed by atoms with Crippen molar-refractivity contribution in [1.82, 2.24) is 0 Å². The first-order chi connectivity index (χ1) is 16.9. The van der Waals surface area contributed by atoms with Crippen LogP contribution in [0.5, 0.6) is 11.5 Å². The van der Waals surface area contributed by atoms with Crippen molar-refractivity contribution >= 4 is 27.9 Å². The second-order valence-corrected chi connectivity index (χ2v) is 8.75. The number of phenols is 1. The average Bonchev–Trinajstić information content (AvgIpc) is 3.37. The molecule has 7 heteroatoms. The summed E-state index contributed by atoms with van der Waals surface area (Å²) in [5.41, 5.74) is 2.63. The molecule has 7 nitrogen and oxygen atoms in total. The van der Waals surface area contributed by atoms with Crippen LogP contribution in [0, 0.1) is 0 Å². The Morgan fingerprint density at radius 2 is 1.80 bits per heavy atom. The lowest BCUT2D eigenvalue weighted by molar-refractivity contribution is -0.136. The van der Waals surface area contributed by atoms with E-state index < -0.39 is 11.4 Å². The number of carbonyl (C=O) groups is 1. The normalized spacial score (nSPS) is 14.8. The Hall–Kier alpha value is -4.52. The number of hydrogen-bond acceptors (Lipinski definition) is 6. The molecular weight excluding hydrogens is 448 g/mol. The van der Waals surface area contributed by atoms with E-state index in [-0.39, 0.29) is 34.8 Å². The Balaban J connectivity index is 1.67. The fourth-order valence-electron chi connectivity index (χ4n) is 4.80. The first-order valence-electron chi connectivity index (χ1n) is 11.2. The van der Waals surface area contributed by atoms with E-state index in [1.165, 1.54) is 12.1 Å². The highest BCUT2D eigenvalue weighted by Gasteiger charge is 2.26. The number of carboxylic acid groups (broad SMARTS) is 1. The number of benzene rings is 3. The minimum absolute atomic E-state index is 0.0210. The quantitative estimate of drug-likeness (QED) is 0.357. The molecule has 1 atom stereocenters. The van der Waals surface area contributed by atoms with Crippen LogP contribution in [-0.2, 0) is 17.6 Å². The van der Waals surface area contributed by atoms with E-state index in [9.17, 15) is 19.8 Å². The largest absolute Gasteiger partial charge is 0.507 e. The second kappa shape index (κ2) is 7.77. The van der Waals surface area contributed by atoms with Crippen LogP contribution in [0.4, 0.5) is 0 Å². The van der Waals surface area contributed by atoms with E-state index in [1.807, 2.05) is 43.3 Å². The molecule has 6 rings (SSSR count). The van der Waals surface area contributed by atoms with Gasteiger partial charge in [0.1, 0.15) is 40.1 Å². The number of aromatic hydroxyl groups is 1. The summed E-state index contributed by atoms with van der Waals surface area (Å²) in [5.74, 6) is 0.0971. The van der Waals surface area contributed by atoms with E-state index in [0.717, 1.165) is 17.7 Å². The van der Waals surface area contributed by atoms with Crippen molar-refractivity contribution in [3.63, 3.8) is 0 Å². The van der Waals surface area contributed by atoms with E-state index in [2.05, 4.69) is 0 Å². The lowest BCUT2D eigenvalue weighted by atomic mass is 9.99. The smallest absolute Gasteiger partial charge is 0.307 e. The summed E-state index contributed by atoms with van der Waals surface area (Å²) in [7, 11) is 0. The van der Waals surface area contributed by atoms with Crippen LogP contribution in [0.25, 0.3) is 44.6 Å². The Bertz CT molecular complexity index is 1690. The Kier molecular flexibility index (Phi) is 4.67. The lowest BCUT2D eigenvalue weighted by Crippen LogP contribution is -2.05. The summed E-state index contributed by atoms with van der Waals surface area (Å²) >= 11 is 0. The topological polar surface area (TPSA) is 110 Å². The number of aliphatic carboxylic acids is 1. The molecule has 0 radical (unpaired) electrons. The second-order valence-electron chi connectivity index (χ2n) is 8.75. The maximum absolute atomic E-state index is 13.0. The maximum Gasteiger partial charge on any atom is 0.307 e. The molecule has 174 valence electrons. The van der Waals surface area contributed by atoms with Crippen LogP contribution >= 0.6 is 0 Å². The van der Waals surface area contributed by atoms with Gasteiger partial charge in [-0.25, -0.2) is 0 Å². The van der Waals surface area contributed by atoms with Gasteiger partial charge >= 0.3 is 5.97 Å². The zero-order chi connectivity index (χ0) is 24.3. The monoisotopic (exact) mass is 468 g/mol. The first-order valence-corrected chi connectivity index (χ1v) is 11.2. The standard InChI is InChI=1S/C28H20O7/c1-14-9-17-10-16(7-8-21(17)33-14)27-18(11-24(31)32)25-23(35-27)13-20(30)26-19(29)12-22(34-28(25)26)15-5-3-2-4-6-15/h2-8,10,12-14,30H,9,11H2,1H3,(H,31,32)/t14-/m0/s1. The zero-order valence-electron chi connectivity index (χ0n) is 18.7. The molecule has 0 unspecified atom stereocenters. The van der Waals surface area contributed by atoms with Gasteiger partial charge in [0.15, 0.2) is 11.0 Å². The van der Waals surface area contributed by atoms with Gasteiger partial charge in [-0.3, -0.25) is 9.59 Å². The molecule has 0 saturated heterocycles. The van der Waals surface area contributed by atoms with Gasteiger partial charge in [0.05, 0.1) is 11.8 Å². The molecule has 0 saturated carbocycles. The number of fused-ring (bicyclic) bond motifs is 4. The van der Waals surface area contributed by atoms with Crippen molar-refractivity contribution in [2.75, 3.05) is 0 Å².